The van der Waals surface area contributed by atoms with Crippen molar-refractivity contribution in [1.29, 1.82) is 0 Å². The van der Waals surface area contributed by atoms with Gasteiger partial charge < -0.3 is 9.47 Å². The summed E-state index contributed by atoms with van der Waals surface area (Å²) in [5.41, 5.74) is 1.07. The van der Waals surface area contributed by atoms with Crippen LogP contribution in [0.3, 0.4) is 0 Å². The van der Waals surface area contributed by atoms with Crippen LogP contribution in [0.5, 0.6) is 11.5 Å². The number of methoxy groups -OCH3 is 2. The molecule has 0 amide bonds. The highest BCUT2D eigenvalue weighted by Gasteiger charge is 2.32. The predicted octanol–water partition coefficient (Wildman–Crippen LogP) is 5.97. The van der Waals surface area contributed by atoms with Gasteiger partial charge in [-0.1, -0.05) is 29.3 Å². The number of hydrogen-bond donors (Lipinski definition) is 0. The fourth-order valence-electron chi connectivity index (χ4n) is 3.20. The number of ether oxygens (including phenoxy) is 2. The zero-order valence-electron chi connectivity index (χ0n) is 16.7. The Bertz CT molecular complexity index is 1130. The van der Waals surface area contributed by atoms with Gasteiger partial charge in [0.1, 0.15) is 11.5 Å². The summed E-state index contributed by atoms with van der Waals surface area (Å²) in [5, 5.41) is 0.874. The molecule has 0 aliphatic carbocycles. The minimum atomic E-state index is -3.96. The fraction of sp³-hybridized carbons (Fsp3) is 0.182. The average Bonchev–Trinajstić information content (AvgIpc) is 2.73. The third kappa shape index (κ3) is 4.51. The van der Waals surface area contributed by atoms with E-state index in [0.717, 1.165) is 0 Å². The van der Waals surface area contributed by atoms with Gasteiger partial charge in [0, 0.05) is 15.6 Å². The molecule has 30 heavy (non-hydrogen) atoms. The van der Waals surface area contributed by atoms with Crippen molar-refractivity contribution in [2.45, 2.75) is 17.9 Å². The summed E-state index contributed by atoms with van der Waals surface area (Å²) in [4.78, 5) is 0.112. The van der Waals surface area contributed by atoms with Crippen LogP contribution >= 0.6 is 23.2 Å². The molecule has 8 heteroatoms. The lowest BCUT2D eigenvalue weighted by Gasteiger charge is -2.32. The van der Waals surface area contributed by atoms with Crippen LogP contribution in [0.1, 0.15) is 18.5 Å². The predicted molar refractivity (Wildman–Crippen MR) is 121 cm³/mol. The number of nitrogens with zero attached hydrogens (tertiary/aromatic N) is 1. The molecule has 0 spiro atoms. The largest absolute Gasteiger partial charge is 0.497 e. The normalized spacial score (nSPS) is 12.3. The Kier molecular flexibility index (Phi) is 6.81. The van der Waals surface area contributed by atoms with Crippen LogP contribution in [-0.2, 0) is 10.0 Å². The Balaban J connectivity index is 2.21. The number of halogens is 2. The maximum atomic E-state index is 13.7. The molecule has 0 heterocycles. The molecule has 0 aliphatic heterocycles. The summed E-state index contributed by atoms with van der Waals surface area (Å²) in [7, 11) is -0.872. The molecule has 0 bridgehead atoms. The average molecular weight is 466 g/mol. The van der Waals surface area contributed by atoms with Crippen molar-refractivity contribution in [3.05, 3.63) is 82.3 Å². The summed E-state index contributed by atoms with van der Waals surface area (Å²) < 4.78 is 39.5. The maximum absolute atomic E-state index is 13.7. The van der Waals surface area contributed by atoms with Crippen LogP contribution in [-0.4, -0.2) is 22.6 Å². The van der Waals surface area contributed by atoms with E-state index in [1.54, 1.807) is 68.6 Å². The van der Waals surface area contributed by atoms with Crippen LogP contribution in [0.4, 0.5) is 5.69 Å². The molecule has 5 nitrogen and oxygen atoms in total. The van der Waals surface area contributed by atoms with E-state index in [4.69, 9.17) is 32.7 Å². The second-order valence-corrected chi connectivity index (χ2v) is 9.21. The summed E-state index contributed by atoms with van der Waals surface area (Å²) in [6.07, 6.45) is 0. The van der Waals surface area contributed by atoms with E-state index in [9.17, 15) is 8.42 Å². The van der Waals surface area contributed by atoms with E-state index in [2.05, 4.69) is 0 Å². The lowest BCUT2D eigenvalue weighted by atomic mass is 10.1. The third-order valence-electron chi connectivity index (χ3n) is 4.67. The Morgan fingerprint density at radius 3 is 2.17 bits per heavy atom. The first-order valence-electron chi connectivity index (χ1n) is 9.05. The molecule has 0 saturated heterocycles. The first-order chi connectivity index (χ1) is 14.3. The molecule has 0 N–H and O–H groups in total. The van der Waals surface area contributed by atoms with Gasteiger partial charge in [-0.2, -0.15) is 0 Å². The highest BCUT2D eigenvalue weighted by atomic mass is 35.5. The molecule has 158 valence electrons. The van der Waals surface area contributed by atoms with Crippen molar-refractivity contribution < 1.29 is 17.9 Å². The SMILES string of the molecule is COc1ccc(OC)c([C@@H](C)N(c2cccc(Cl)c2)S(=O)(=O)c2ccc(Cl)cc2)c1. The first-order valence-corrected chi connectivity index (χ1v) is 11.2. The van der Waals surface area contributed by atoms with Gasteiger partial charge in [0.25, 0.3) is 10.0 Å². The zero-order chi connectivity index (χ0) is 21.9. The summed E-state index contributed by atoms with van der Waals surface area (Å²) in [6.45, 7) is 1.78. The van der Waals surface area contributed by atoms with E-state index in [0.29, 0.717) is 32.8 Å². The van der Waals surface area contributed by atoms with E-state index in [-0.39, 0.29) is 4.90 Å². The van der Waals surface area contributed by atoms with Crippen molar-refractivity contribution in [2.75, 3.05) is 18.5 Å². The number of sulfonamides is 1. The smallest absolute Gasteiger partial charge is 0.264 e. The Labute approximate surface area is 186 Å². The van der Waals surface area contributed by atoms with Gasteiger partial charge in [0.2, 0.25) is 0 Å². The minimum absolute atomic E-state index is 0.112. The van der Waals surface area contributed by atoms with Crippen LogP contribution in [0.15, 0.2) is 71.6 Å². The first kappa shape index (κ1) is 22.3. The number of anilines is 1. The van der Waals surface area contributed by atoms with Gasteiger partial charge >= 0.3 is 0 Å². The Hall–Kier alpha value is -2.41. The van der Waals surface area contributed by atoms with Crippen LogP contribution < -0.4 is 13.8 Å². The van der Waals surface area contributed by atoms with Crippen molar-refractivity contribution in [2.24, 2.45) is 0 Å². The number of rotatable bonds is 7. The van der Waals surface area contributed by atoms with Gasteiger partial charge in [-0.3, -0.25) is 4.31 Å². The molecule has 0 radical (unpaired) electrons. The molecule has 3 aromatic carbocycles. The summed E-state index contributed by atoms with van der Waals surface area (Å²) in [5.74, 6) is 1.13. The molecule has 3 rings (SSSR count). The molecular formula is C22H21Cl2NO4S. The molecule has 0 aliphatic rings. The highest BCUT2D eigenvalue weighted by Crippen LogP contribution is 2.39. The van der Waals surface area contributed by atoms with Gasteiger partial charge in [-0.25, -0.2) is 8.42 Å². The maximum Gasteiger partial charge on any atom is 0.264 e. The van der Waals surface area contributed by atoms with Crippen molar-refractivity contribution in [3.8, 4) is 11.5 Å². The van der Waals surface area contributed by atoms with Gasteiger partial charge in [0.05, 0.1) is 30.8 Å². The fourth-order valence-corrected chi connectivity index (χ4v) is 5.13. The van der Waals surface area contributed by atoms with Crippen molar-refractivity contribution in [3.63, 3.8) is 0 Å². The van der Waals surface area contributed by atoms with E-state index < -0.39 is 16.1 Å². The van der Waals surface area contributed by atoms with E-state index in [1.165, 1.54) is 23.5 Å². The van der Waals surface area contributed by atoms with Gasteiger partial charge in [0.15, 0.2) is 0 Å². The Morgan fingerprint density at radius 2 is 1.57 bits per heavy atom. The highest BCUT2D eigenvalue weighted by molar-refractivity contribution is 7.92. The van der Waals surface area contributed by atoms with E-state index >= 15 is 0 Å². The van der Waals surface area contributed by atoms with Crippen molar-refractivity contribution in [1.82, 2.24) is 0 Å². The van der Waals surface area contributed by atoms with E-state index in [1.807, 2.05) is 0 Å². The minimum Gasteiger partial charge on any atom is -0.497 e. The van der Waals surface area contributed by atoms with Gasteiger partial charge in [-0.15, -0.1) is 0 Å². The second-order valence-electron chi connectivity index (χ2n) is 6.52. The molecule has 0 unspecified atom stereocenters. The Morgan fingerprint density at radius 1 is 0.867 bits per heavy atom. The molecule has 0 fully saturated rings. The zero-order valence-corrected chi connectivity index (χ0v) is 19.0. The molecule has 3 aromatic rings. The summed E-state index contributed by atoms with van der Waals surface area (Å²) in [6, 6.07) is 17.4. The van der Waals surface area contributed by atoms with Crippen LogP contribution in [0.25, 0.3) is 0 Å². The lowest BCUT2D eigenvalue weighted by Crippen LogP contribution is -2.34. The topological polar surface area (TPSA) is 55.8 Å². The third-order valence-corrected chi connectivity index (χ3v) is 7.07. The van der Waals surface area contributed by atoms with Crippen LogP contribution in [0, 0.1) is 0 Å². The molecule has 0 aromatic heterocycles. The summed E-state index contributed by atoms with van der Waals surface area (Å²) >= 11 is 12.1. The molecule has 1 atom stereocenters. The number of hydrogen-bond acceptors (Lipinski definition) is 4. The van der Waals surface area contributed by atoms with Gasteiger partial charge in [-0.05, 0) is 67.6 Å². The second kappa shape index (κ2) is 9.16. The van der Waals surface area contributed by atoms with Crippen molar-refractivity contribution >= 4 is 38.9 Å². The quantitative estimate of drug-likeness (QED) is 0.431. The lowest BCUT2D eigenvalue weighted by molar-refractivity contribution is 0.396. The molecular weight excluding hydrogens is 445 g/mol. The number of benzene rings is 3. The standard InChI is InChI=1S/C22H21Cl2NO4S/c1-15(21-14-19(28-2)9-12-22(21)29-3)25(18-6-4-5-17(24)13-18)30(26,27)20-10-7-16(23)8-11-20/h4-15H,1-3H3/t15-/m1/s1. The monoisotopic (exact) mass is 465 g/mol. The van der Waals surface area contributed by atoms with Crippen LogP contribution in [0.2, 0.25) is 10.0 Å². The molecule has 0 saturated carbocycles.